The molecule has 4 aromatic carbocycles. The molecule has 0 fully saturated rings. The van der Waals surface area contributed by atoms with E-state index in [0.29, 0.717) is 0 Å². The molecule has 0 unspecified atom stereocenters. The maximum absolute atomic E-state index is 6.22. The molecular weight excluding hydrogens is 531 g/mol. The van der Waals surface area contributed by atoms with Gasteiger partial charge in [-0.2, -0.15) is 0 Å². The van der Waals surface area contributed by atoms with Crippen LogP contribution in [-0.4, -0.2) is 21.2 Å². The Morgan fingerprint density at radius 2 is 0.692 bits per heavy atom. The second kappa shape index (κ2) is 7.77. The summed E-state index contributed by atoms with van der Waals surface area (Å²) in [6.45, 7) is 0. The maximum atomic E-state index is 6.22. The van der Waals surface area contributed by atoms with Crippen molar-refractivity contribution in [2.75, 3.05) is 0 Å². The van der Waals surface area contributed by atoms with Gasteiger partial charge in [0.05, 0.1) is 0 Å². The van der Waals surface area contributed by atoms with Crippen molar-refractivity contribution in [2.45, 2.75) is 0 Å². The zero-order chi connectivity index (χ0) is 17.8. The average Bonchev–Trinajstić information content (AvgIpc) is 2.72. The number of benzene rings is 4. The minimum absolute atomic E-state index is 0.783. The first-order valence-corrected chi connectivity index (χ1v) is 16.9. The molecule has 4 aromatic rings. The third-order valence-corrected chi connectivity index (χ3v) is 23.8. The van der Waals surface area contributed by atoms with Crippen molar-refractivity contribution in [1.82, 2.24) is 0 Å². The molecule has 0 atom stereocenters. The first-order chi connectivity index (χ1) is 12.8. The van der Waals surface area contributed by atoms with Crippen LogP contribution in [-0.2, 0) is 0 Å². The Labute approximate surface area is 164 Å². The molecule has 0 nitrogen and oxygen atoms in total. The molecule has 0 aliphatic heterocycles. The average molecular weight is 550 g/mol. The topological polar surface area (TPSA) is 0 Å². The first kappa shape index (κ1) is 17.5. The van der Waals surface area contributed by atoms with Gasteiger partial charge in [-0.15, -0.1) is 0 Å². The van der Waals surface area contributed by atoms with E-state index in [-0.39, 0.29) is 0 Å². The SMILES string of the molecule is Clc1cc[c]([Pb]([c]2ccccc2)([c]2ccccc2)[c]2ccccc2)cc1. The predicted octanol–water partition coefficient (Wildman–Crippen LogP) is 3.72. The molecule has 26 heavy (non-hydrogen) atoms. The van der Waals surface area contributed by atoms with Crippen molar-refractivity contribution >= 4 is 45.3 Å². The molecule has 0 heterocycles. The molecule has 2 heteroatoms. The molecule has 0 N–H and O–H groups in total. The Balaban J connectivity index is 2.12. The molecule has 0 aromatic heterocycles. The van der Waals surface area contributed by atoms with Crippen LogP contribution >= 0.6 is 11.6 Å². The molecule has 0 radical (unpaired) electrons. The van der Waals surface area contributed by atoms with Gasteiger partial charge in [0.1, 0.15) is 0 Å². The molecule has 0 aliphatic carbocycles. The third kappa shape index (κ3) is 3.12. The Kier molecular flexibility index (Phi) is 5.23. The van der Waals surface area contributed by atoms with Gasteiger partial charge in [-0.3, -0.25) is 0 Å². The monoisotopic (exact) mass is 550 g/mol. The van der Waals surface area contributed by atoms with Crippen LogP contribution in [0.25, 0.3) is 0 Å². The van der Waals surface area contributed by atoms with Crippen LogP contribution in [0.2, 0.25) is 5.02 Å². The van der Waals surface area contributed by atoms with Gasteiger partial charge < -0.3 is 0 Å². The summed E-state index contributed by atoms with van der Waals surface area (Å²) in [5.41, 5.74) is 0. The van der Waals surface area contributed by atoms with E-state index in [9.17, 15) is 0 Å². The van der Waals surface area contributed by atoms with Crippen LogP contribution < -0.4 is 12.5 Å². The fourth-order valence-electron chi connectivity index (χ4n) is 3.76. The Bertz CT molecular complexity index is 868. The molecule has 0 bridgehead atoms. The van der Waals surface area contributed by atoms with E-state index in [1.54, 1.807) is 0 Å². The Morgan fingerprint density at radius 1 is 0.385 bits per heavy atom. The summed E-state index contributed by atoms with van der Waals surface area (Å²) in [4.78, 5) is 0. The van der Waals surface area contributed by atoms with Crippen molar-refractivity contribution in [3.8, 4) is 0 Å². The number of rotatable bonds is 4. The van der Waals surface area contributed by atoms with E-state index in [1.807, 2.05) is 12.1 Å². The second-order valence-electron chi connectivity index (χ2n) is 6.35. The summed E-state index contributed by atoms with van der Waals surface area (Å²) in [6.07, 6.45) is 0. The molecule has 0 aliphatic rings. The van der Waals surface area contributed by atoms with Crippen LogP contribution in [0.15, 0.2) is 115 Å². The van der Waals surface area contributed by atoms with Gasteiger partial charge in [-0.05, 0) is 0 Å². The van der Waals surface area contributed by atoms with Crippen LogP contribution in [0.4, 0.5) is 0 Å². The first-order valence-electron chi connectivity index (χ1n) is 8.74. The normalized spacial score (nSPS) is 11.3. The number of halogens is 1. The van der Waals surface area contributed by atoms with Gasteiger partial charge in [0.15, 0.2) is 0 Å². The fraction of sp³-hybridized carbons (Fsp3) is 0. The number of hydrogen-bond donors (Lipinski definition) is 0. The summed E-state index contributed by atoms with van der Waals surface area (Å²) in [7, 11) is 0. The van der Waals surface area contributed by atoms with Gasteiger partial charge >= 0.3 is 166 Å². The summed E-state index contributed by atoms with van der Waals surface area (Å²) in [6, 6.07) is 41.6. The summed E-state index contributed by atoms with van der Waals surface area (Å²) in [5, 5.41) is 0.783. The van der Waals surface area contributed by atoms with Gasteiger partial charge in [0.25, 0.3) is 0 Å². The van der Waals surface area contributed by atoms with E-state index in [0.717, 1.165) is 5.02 Å². The third-order valence-electron chi connectivity index (χ3n) is 4.90. The second-order valence-corrected chi connectivity index (χ2v) is 21.6. The van der Waals surface area contributed by atoms with Gasteiger partial charge in [0.2, 0.25) is 0 Å². The van der Waals surface area contributed by atoms with Crippen molar-refractivity contribution in [3.63, 3.8) is 0 Å². The van der Waals surface area contributed by atoms with Crippen molar-refractivity contribution in [3.05, 3.63) is 120 Å². The van der Waals surface area contributed by atoms with Gasteiger partial charge in [-0.25, -0.2) is 0 Å². The molecule has 0 saturated carbocycles. The standard InChI is InChI=1S/C6H4Cl.3C6H5.Pb/c7-6-4-2-1-3-5-6;3*1-2-4-6-5-3-1;/h2-5H;3*1-5H;. The van der Waals surface area contributed by atoms with Crippen molar-refractivity contribution in [1.29, 1.82) is 0 Å². The Morgan fingerprint density at radius 3 is 1.04 bits per heavy atom. The predicted molar refractivity (Wildman–Crippen MR) is 115 cm³/mol. The van der Waals surface area contributed by atoms with Gasteiger partial charge in [0, 0.05) is 0 Å². The van der Waals surface area contributed by atoms with E-state index < -0.39 is 21.2 Å². The molecule has 0 saturated heterocycles. The van der Waals surface area contributed by atoms with E-state index in [2.05, 4.69) is 103 Å². The van der Waals surface area contributed by atoms with Crippen molar-refractivity contribution in [2.24, 2.45) is 0 Å². The summed E-state index contributed by atoms with van der Waals surface area (Å²) in [5.74, 6) is 0. The summed E-state index contributed by atoms with van der Waals surface area (Å²) < 4.78 is 5.80. The molecule has 0 amide bonds. The van der Waals surface area contributed by atoms with Crippen LogP contribution in [0, 0.1) is 0 Å². The quantitative estimate of drug-likeness (QED) is 0.341. The van der Waals surface area contributed by atoms with E-state index in [1.165, 1.54) is 12.5 Å². The molecule has 126 valence electrons. The van der Waals surface area contributed by atoms with Crippen LogP contribution in [0.1, 0.15) is 0 Å². The van der Waals surface area contributed by atoms with E-state index in [4.69, 9.17) is 11.6 Å². The fourth-order valence-corrected chi connectivity index (χ4v) is 22.3. The van der Waals surface area contributed by atoms with Crippen LogP contribution in [0.5, 0.6) is 0 Å². The zero-order valence-electron chi connectivity index (χ0n) is 14.3. The molecular formula is C24H19ClPb. The van der Waals surface area contributed by atoms with Crippen LogP contribution in [0.3, 0.4) is 0 Å². The molecule has 0 spiro atoms. The number of hydrogen-bond acceptors (Lipinski definition) is 0. The van der Waals surface area contributed by atoms with E-state index >= 15 is 0 Å². The zero-order valence-corrected chi connectivity index (χ0v) is 19.0. The minimum atomic E-state index is -3.57. The molecule has 4 rings (SSSR count). The Hall–Kier alpha value is -1.91. The summed E-state index contributed by atoms with van der Waals surface area (Å²) >= 11 is 2.65. The van der Waals surface area contributed by atoms with Crippen molar-refractivity contribution < 1.29 is 0 Å². The van der Waals surface area contributed by atoms with Gasteiger partial charge in [-0.1, -0.05) is 0 Å².